The molecule has 0 fully saturated rings. The molecule has 4 nitrogen and oxygen atoms in total. The summed E-state index contributed by atoms with van der Waals surface area (Å²) >= 11 is 2.27. The lowest BCUT2D eigenvalue weighted by atomic mass is 10.2. The maximum absolute atomic E-state index is 5.74. The molecule has 0 aliphatic carbocycles. The molecule has 2 aromatic rings. The van der Waals surface area contributed by atoms with Crippen LogP contribution in [-0.2, 0) is 0 Å². The third kappa shape index (κ3) is 4.06. The van der Waals surface area contributed by atoms with Gasteiger partial charge in [0.1, 0.15) is 11.6 Å². The zero-order chi connectivity index (χ0) is 15.4. The van der Waals surface area contributed by atoms with Gasteiger partial charge in [0.25, 0.3) is 0 Å². The van der Waals surface area contributed by atoms with Crippen molar-refractivity contribution in [2.75, 3.05) is 11.9 Å². The van der Waals surface area contributed by atoms with E-state index < -0.39 is 0 Å². The Kier molecular flexibility index (Phi) is 5.39. The number of aromatic nitrogens is 2. The molecule has 0 aliphatic rings. The quantitative estimate of drug-likeness (QED) is 0.766. The molecule has 0 spiro atoms. The molecule has 0 saturated heterocycles. The molecule has 1 N–H and O–H groups in total. The van der Waals surface area contributed by atoms with Gasteiger partial charge in [-0.25, -0.2) is 9.97 Å². The average Bonchev–Trinajstić information content (AvgIpc) is 2.43. The predicted octanol–water partition coefficient (Wildman–Crippen LogP) is 4.28. The van der Waals surface area contributed by atoms with Crippen LogP contribution in [0.1, 0.15) is 26.5 Å². The Morgan fingerprint density at radius 1 is 1.29 bits per heavy atom. The zero-order valence-electron chi connectivity index (χ0n) is 12.8. The summed E-state index contributed by atoms with van der Waals surface area (Å²) in [6.45, 7) is 8.93. The maximum Gasteiger partial charge on any atom is 0.161 e. The van der Waals surface area contributed by atoms with Crippen LogP contribution in [0.4, 0.5) is 5.82 Å². The number of nitrogens with zero attached hydrogens (tertiary/aromatic N) is 2. The molecule has 2 rings (SSSR count). The summed E-state index contributed by atoms with van der Waals surface area (Å²) in [4.78, 5) is 9.22. The topological polar surface area (TPSA) is 47.0 Å². The van der Waals surface area contributed by atoms with Gasteiger partial charge in [0, 0.05) is 12.1 Å². The van der Waals surface area contributed by atoms with Gasteiger partial charge >= 0.3 is 0 Å². The summed E-state index contributed by atoms with van der Waals surface area (Å²) in [6.07, 6.45) is 0.150. The van der Waals surface area contributed by atoms with Gasteiger partial charge < -0.3 is 10.1 Å². The first-order valence-corrected chi connectivity index (χ1v) is 8.14. The number of hydrogen-bond acceptors (Lipinski definition) is 4. The molecule has 0 amide bonds. The monoisotopic (exact) mass is 397 g/mol. The maximum atomic E-state index is 5.74. The summed E-state index contributed by atoms with van der Waals surface area (Å²) in [6, 6.07) is 7.91. The van der Waals surface area contributed by atoms with E-state index in [2.05, 4.69) is 44.8 Å². The number of halogens is 1. The number of hydrogen-bond donors (Lipinski definition) is 1. The average molecular weight is 397 g/mol. The second kappa shape index (κ2) is 7.06. The van der Waals surface area contributed by atoms with Crippen LogP contribution in [0.3, 0.4) is 0 Å². The normalized spacial score (nSPS) is 10.8. The Balaban J connectivity index is 2.41. The number of benzene rings is 1. The van der Waals surface area contributed by atoms with E-state index in [-0.39, 0.29) is 6.10 Å². The van der Waals surface area contributed by atoms with E-state index in [1.165, 1.54) is 0 Å². The van der Waals surface area contributed by atoms with Crippen molar-refractivity contribution in [3.8, 4) is 17.1 Å². The van der Waals surface area contributed by atoms with Gasteiger partial charge in [0.05, 0.1) is 15.4 Å². The van der Waals surface area contributed by atoms with Crippen LogP contribution in [0.2, 0.25) is 0 Å². The van der Waals surface area contributed by atoms with Gasteiger partial charge in [-0.15, -0.1) is 0 Å². The van der Waals surface area contributed by atoms with E-state index in [4.69, 9.17) is 4.74 Å². The first-order valence-electron chi connectivity index (χ1n) is 7.06. The van der Waals surface area contributed by atoms with E-state index >= 15 is 0 Å². The minimum Gasteiger partial charge on any atom is -0.491 e. The lowest BCUT2D eigenvalue weighted by Gasteiger charge is -2.12. The number of ether oxygens (including phenoxy) is 1. The van der Waals surface area contributed by atoms with Crippen LogP contribution in [0.15, 0.2) is 24.3 Å². The molecule has 1 heterocycles. The molecule has 112 valence electrons. The van der Waals surface area contributed by atoms with Crippen LogP contribution in [-0.4, -0.2) is 22.6 Å². The molecule has 0 bridgehead atoms. The Labute approximate surface area is 139 Å². The van der Waals surface area contributed by atoms with Crippen LogP contribution in [0.5, 0.6) is 5.75 Å². The number of nitrogens with one attached hydrogen (secondary N) is 1. The van der Waals surface area contributed by atoms with Gasteiger partial charge in [0.2, 0.25) is 0 Å². The molecule has 21 heavy (non-hydrogen) atoms. The fourth-order valence-electron chi connectivity index (χ4n) is 1.95. The summed E-state index contributed by atoms with van der Waals surface area (Å²) in [5.41, 5.74) is 1.94. The summed E-state index contributed by atoms with van der Waals surface area (Å²) in [5, 5.41) is 3.28. The third-order valence-electron chi connectivity index (χ3n) is 2.83. The minimum absolute atomic E-state index is 0.150. The Hall–Kier alpha value is -1.37. The van der Waals surface area contributed by atoms with Gasteiger partial charge in [-0.2, -0.15) is 0 Å². The highest BCUT2D eigenvalue weighted by atomic mass is 127. The lowest BCUT2D eigenvalue weighted by Crippen LogP contribution is -2.07. The van der Waals surface area contributed by atoms with E-state index in [0.29, 0.717) is 0 Å². The van der Waals surface area contributed by atoms with Crippen molar-refractivity contribution < 1.29 is 4.74 Å². The second-order valence-electron chi connectivity index (χ2n) is 5.02. The summed E-state index contributed by atoms with van der Waals surface area (Å²) in [7, 11) is 0. The van der Waals surface area contributed by atoms with Crippen LogP contribution < -0.4 is 10.1 Å². The Morgan fingerprint density at radius 3 is 2.71 bits per heavy atom. The van der Waals surface area contributed by atoms with Crippen molar-refractivity contribution in [3.63, 3.8) is 0 Å². The molecular weight excluding hydrogens is 377 g/mol. The molecule has 1 aromatic heterocycles. The van der Waals surface area contributed by atoms with Crippen molar-refractivity contribution in [2.24, 2.45) is 0 Å². The number of anilines is 1. The molecule has 0 atom stereocenters. The van der Waals surface area contributed by atoms with Crippen LogP contribution in [0, 0.1) is 10.5 Å². The van der Waals surface area contributed by atoms with Crippen molar-refractivity contribution in [2.45, 2.75) is 33.8 Å². The largest absolute Gasteiger partial charge is 0.491 e. The second-order valence-corrected chi connectivity index (χ2v) is 6.10. The first-order chi connectivity index (χ1) is 10.0. The Morgan fingerprint density at radius 2 is 2.05 bits per heavy atom. The van der Waals surface area contributed by atoms with Crippen molar-refractivity contribution >= 4 is 28.4 Å². The van der Waals surface area contributed by atoms with Gasteiger partial charge in [-0.1, -0.05) is 12.1 Å². The number of aryl methyl sites for hydroxylation is 1. The molecule has 5 heteroatoms. The van der Waals surface area contributed by atoms with Crippen LogP contribution in [0.25, 0.3) is 11.4 Å². The summed E-state index contributed by atoms with van der Waals surface area (Å²) in [5.74, 6) is 2.45. The van der Waals surface area contributed by atoms with E-state index in [1.54, 1.807) is 0 Å². The standard InChI is InChI=1S/C16H20IN3O/c1-5-18-16-14(17)11(4)19-15(20-16)12-7-6-8-13(9-12)21-10(2)3/h6-10H,5H2,1-4H3,(H,18,19,20). The minimum atomic E-state index is 0.150. The highest BCUT2D eigenvalue weighted by Gasteiger charge is 2.11. The predicted molar refractivity (Wildman–Crippen MR) is 94.8 cm³/mol. The fourth-order valence-corrected chi connectivity index (χ4v) is 2.39. The smallest absolute Gasteiger partial charge is 0.161 e. The highest BCUT2D eigenvalue weighted by Crippen LogP contribution is 2.26. The van der Waals surface area contributed by atoms with Crippen molar-refractivity contribution in [3.05, 3.63) is 33.5 Å². The van der Waals surface area contributed by atoms with Gasteiger partial charge in [-0.05, 0) is 62.4 Å². The summed E-state index contributed by atoms with van der Waals surface area (Å²) < 4.78 is 6.80. The van der Waals surface area contributed by atoms with E-state index in [0.717, 1.165) is 38.8 Å². The highest BCUT2D eigenvalue weighted by molar-refractivity contribution is 14.1. The van der Waals surface area contributed by atoms with Crippen molar-refractivity contribution in [1.82, 2.24) is 9.97 Å². The van der Waals surface area contributed by atoms with Crippen molar-refractivity contribution in [1.29, 1.82) is 0 Å². The number of rotatable bonds is 5. The molecule has 0 radical (unpaired) electrons. The van der Waals surface area contributed by atoms with E-state index in [1.807, 2.05) is 45.0 Å². The fraction of sp³-hybridized carbons (Fsp3) is 0.375. The third-order valence-corrected chi connectivity index (χ3v) is 4.12. The van der Waals surface area contributed by atoms with Crippen LogP contribution >= 0.6 is 22.6 Å². The lowest BCUT2D eigenvalue weighted by molar-refractivity contribution is 0.242. The SMILES string of the molecule is CCNc1nc(-c2cccc(OC(C)C)c2)nc(C)c1I. The zero-order valence-corrected chi connectivity index (χ0v) is 14.9. The molecule has 0 aliphatic heterocycles. The molecule has 0 saturated carbocycles. The Bertz CT molecular complexity index is 629. The molecular formula is C16H20IN3O. The molecule has 0 unspecified atom stereocenters. The first kappa shape index (κ1) is 16.0. The van der Waals surface area contributed by atoms with Gasteiger partial charge in [0.15, 0.2) is 5.82 Å². The molecule has 1 aromatic carbocycles. The van der Waals surface area contributed by atoms with E-state index in [9.17, 15) is 0 Å². The van der Waals surface area contributed by atoms with Gasteiger partial charge in [-0.3, -0.25) is 0 Å².